The van der Waals surface area contributed by atoms with Crippen molar-refractivity contribution in [1.29, 1.82) is 0 Å². The molecule has 0 aliphatic heterocycles. The molecule has 84 valence electrons. The van der Waals surface area contributed by atoms with Gasteiger partial charge >= 0.3 is 0 Å². The summed E-state index contributed by atoms with van der Waals surface area (Å²) in [4.78, 5) is 0. The van der Waals surface area contributed by atoms with Crippen LogP contribution in [0.15, 0.2) is 33.3 Å². The van der Waals surface area contributed by atoms with Crippen LogP contribution in [0.3, 0.4) is 0 Å². The summed E-state index contributed by atoms with van der Waals surface area (Å²) >= 11 is 3.13. The molecule has 1 N–H and O–H groups in total. The average Bonchev–Trinajstić information content (AvgIpc) is 2.71. The Morgan fingerprint density at radius 1 is 1.44 bits per heavy atom. The Kier molecular flexibility index (Phi) is 3.36. The van der Waals surface area contributed by atoms with Crippen molar-refractivity contribution < 1.29 is 8.91 Å². The lowest BCUT2D eigenvalue weighted by molar-refractivity contribution is 0.421. The molecule has 16 heavy (non-hydrogen) atoms. The zero-order valence-corrected chi connectivity index (χ0v) is 10.2. The average molecular weight is 285 g/mol. The molecule has 1 heterocycles. The number of nitrogens with one attached hydrogen (secondary N) is 1. The van der Waals surface area contributed by atoms with E-state index in [4.69, 9.17) is 4.52 Å². The summed E-state index contributed by atoms with van der Waals surface area (Å²) in [6, 6.07) is 6.54. The summed E-state index contributed by atoms with van der Waals surface area (Å²) < 4.78 is 18.6. The molecule has 0 aliphatic rings. The van der Waals surface area contributed by atoms with Crippen LogP contribution >= 0.6 is 15.9 Å². The van der Waals surface area contributed by atoms with Crippen LogP contribution in [-0.2, 0) is 6.54 Å². The Morgan fingerprint density at radius 3 is 2.94 bits per heavy atom. The van der Waals surface area contributed by atoms with E-state index < -0.39 is 0 Å². The minimum atomic E-state index is -0.293. The highest BCUT2D eigenvalue weighted by Crippen LogP contribution is 2.25. The van der Waals surface area contributed by atoms with E-state index in [-0.39, 0.29) is 5.82 Å². The van der Waals surface area contributed by atoms with E-state index in [2.05, 4.69) is 26.4 Å². The van der Waals surface area contributed by atoms with Crippen LogP contribution in [0.25, 0.3) is 11.3 Å². The Hall–Kier alpha value is -1.20. The summed E-state index contributed by atoms with van der Waals surface area (Å²) in [6.45, 7) is 0.645. The summed E-state index contributed by atoms with van der Waals surface area (Å²) in [5.74, 6) is 0.338. The van der Waals surface area contributed by atoms with E-state index in [0.29, 0.717) is 16.8 Å². The van der Waals surface area contributed by atoms with Gasteiger partial charge in [0, 0.05) is 18.2 Å². The molecule has 0 fully saturated rings. The highest BCUT2D eigenvalue weighted by molar-refractivity contribution is 9.10. The van der Waals surface area contributed by atoms with Crippen molar-refractivity contribution in [2.75, 3.05) is 7.05 Å². The van der Waals surface area contributed by atoms with Crippen LogP contribution in [-0.4, -0.2) is 12.2 Å². The van der Waals surface area contributed by atoms with Gasteiger partial charge in [-0.1, -0.05) is 5.16 Å². The van der Waals surface area contributed by atoms with Crippen LogP contribution in [0, 0.1) is 5.82 Å². The van der Waals surface area contributed by atoms with Crippen molar-refractivity contribution in [3.63, 3.8) is 0 Å². The van der Waals surface area contributed by atoms with E-state index in [9.17, 15) is 4.39 Å². The molecule has 0 bridgehead atoms. The third-order valence-corrected chi connectivity index (χ3v) is 2.73. The minimum Gasteiger partial charge on any atom is -0.356 e. The monoisotopic (exact) mass is 284 g/mol. The first-order chi connectivity index (χ1) is 7.70. The van der Waals surface area contributed by atoms with Crippen LogP contribution < -0.4 is 5.32 Å². The fourth-order valence-electron chi connectivity index (χ4n) is 1.36. The van der Waals surface area contributed by atoms with E-state index in [1.54, 1.807) is 12.1 Å². The number of hydrogen-bond donors (Lipinski definition) is 1. The normalized spacial score (nSPS) is 10.7. The second-order valence-corrected chi connectivity index (χ2v) is 4.20. The van der Waals surface area contributed by atoms with Gasteiger partial charge in [-0.3, -0.25) is 0 Å². The van der Waals surface area contributed by atoms with Gasteiger partial charge in [0.15, 0.2) is 5.76 Å². The number of halogens is 2. The number of benzene rings is 1. The second-order valence-electron chi connectivity index (χ2n) is 3.34. The summed E-state index contributed by atoms with van der Waals surface area (Å²) in [7, 11) is 1.84. The smallest absolute Gasteiger partial charge is 0.167 e. The fourth-order valence-corrected chi connectivity index (χ4v) is 1.74. The molecule has 2 rings (SSSR count). The van der Waals surface area contributed by atoms with Crippen molar-refractivity contribution in [2.24, 2.45) is 0 Å². The first-order valence-electron chi connectivity index (χ1n) is 4.76. The third kappa shape index (κ3) is 2.31. The molecule has 0 amide bonds. The van der Waals surface area contributed by atoms with Crippen molar-refractivity contribution in [3.8, 4) is 11.3 Å². The standard InChI is InChI=1S/C11H10BrFN2O/c1-14-6-8-5-11(16-15-8)7-2-3-10(13)9(12)4-7/h2-5,14H,6H2,1H3. The van der Waals surface area contributed by atoms with Crippen molar-refractivity contribution in [1.82, 2.24) is 10.5 Å². The summed E-state index contributed by atoms with van der Waals surface area (Å²) in [5.41, 5.74) is 1.61. The summed E-state index contributed by atoms with van der Waals surface area (Å²) in [6.07, 6.45) is 0. The van der Waals surface area contributed by atoms with E-state index >= 15 is 0 Å². The zero-order valence-electron chi connectivity index (χ0n) is 8.63. The maximum absolute atomic E-state index is 13.0. The number of nitrogens with zero attached hydrogens (tertiary/aromatic N) is 1. The van der Waals surface area contributed by atoms with E-state index in [1.165, 1.54) is 6.07 Å². The van der Waals surface area contributed by atoms with Gasteiger partial charge in [-0.25, -0.2) is 4.39 Å². The quantitative estimate of drug-likeness (QED) is 0.942. The number of rotatable bonds is 3. The molecule has 2 aromatic rings. The molecular weight excluding hydrogens is 275 g/mol. The molecule has 0 unspecified atom stereocenters. The SMILES string of the molecule is CNCc1cc(-c2ccc(F)c(Br)c2)on1. The first-order valence-corrected chi connectivity index (χ1v) is 5.55. The largest absolute Gasteiger partial charge is 0.356 e. The second kappa shape index (κ2) is 4.76. The van der Waals surface area contributed by atoms with Gasteiger partial charge in [-0.15, -0.1) is 0 Å². The van der Waals surface area contributed by atoms with Crippen molar-refractivity contribution in [3.05, 3.63) is 40.2 Å². The van der Waals surface area contributed by atoms with Gasteiger partial charge in [0.1, 0.15) is 5.82 Å². The van der Waals surface area contributed by atoms with Gasteiger partial charge in [-0.2, -0.15) is 0 Å². The molecule has 0 aliphatic carbocycles. The highest BCUT2D eigenvalue weighted by atomic mass is 79.9. The van der Waals surface area contributed by atoms with Crippen LogP contribution in [0.5, 0.6) is 0 Å². The lowest BCUT2D eigenvalue weighted by Gasteiger charge is -1.97. The van der Waals surface area contributed by atoms with Crippen LogP contribution in [0.4, 0.5) is 4.39 Å². The summed E-state index contributed by atoms with van der Waals surface area (Å²) in [5, 5.41) is 6.87. The topological polar surface area (TPSA) is 38.1 Å². The Balaban J connectivity index is 2.31. The van der Waals surface area contributed by atoms with Gasteiger partial charge in [0.05, 0.1) is 10.2 Å². The van der Waals surface area contributed by atoms with Gasteiger partial charge in [0.2, 0.25) is 0 Å². The number of aromatic nitrogens is 1. The van der Waals surface area contributed by atoms with Crippen LogP contribution in [0.2, 0.25) is 0 Å². The fraction of sp³-hybridized carbons (Fsp3) is 0.182. The molecular formula is C11H10BrFN2O. The molecule has 0 spiro atoms. The van der Waals surface area contributed by atoms with Crippen LogP contribution in [0.1, 0.15) is 5.69 Å². The maximum atomic E-state index is 13.0. The highest BCUT2D eigenvalue weighted by Gasteiger charge is 2.08. The number of hydrogen-bond acceptors (Lipinski definition) is 3. The van der Waals surface area contributed by atoms with Crippen molar-refractivity contribution >= 4 is 15.9 Å². The molecule has 0 saturated carbocycles. The van der Waals surface area contributed by atoms with Gasteiger partial charge < -0.3 is 9.84 Å². The van der Waals surface area contributed by atoms with Gasteiger partial charge in [0.25, 0.3) is 0 Å². The lowest BCUT2D eigenvalue weighted by atomic mass is 10.1. The molecule has 5 heteroatoms. The van der Waals surface area contributed by atoms with Crippen molar-refractivity contribution in [2.45, 2.75) is 6.54 Å². The molecule has 0 radical (unpaired) electrons. The molecule has 3 nitrogen and oxygen atoms in total. The van der Waals surface area contributed by atoms with Gasteiger partial charge in [-0.05, 0) is 41.2 Å². The predicted molar refractivity (Wildman–Crippen MR) is 62.4 cm³/mol. The molecule has 0 saturated heterocycles. The first kappa shape index (κ1) is 11.3. The zero-order chi connectivity index (χ0) is 11.5. The Labute approximate surface area is 101 Å². The minimum absolute atomic E-state index is 0.293. The Morgan fingerprint density at radius 2 is 2.25 bits per heavy atom. The molecule has 1 aromatic carbocycles. The van der Waals surface area contributed by atoms with E-state index in [1.807, 2.05) is 13.1 Å². The Bertz CT molecular complexity index is 498. The predicted octanol–water partition coefficient (Wildman–Crippen LogP) is 2.96. The third-order valence-electron chi connectivity index (χ3n) is 2.12. The maximum Gasteiger partial charge on any atom is 0.167 e. The lowest BCUT2D eigenvalue weighted by Crippen LogP contribution is -2.04. The molecule has 0 atom stereocenters. The molecule has 1 aromatic heterocycles. The van der Waals surface area contributed by atoms with E-state index in [0.717, 1.165) is 11.3 Å².